The number of ether oxygens (including phenoxy) is 2. The monoisotopic (exact) mass is 461 g/mol. The third kappa shape index (κ3) is 16.3. The largest absolute Gasteiger partial charge is 0.462 e. The minimum absolute atomic E-state index is 0.325. The zero-order chi connectivity index (χ0) is 24.4. The summed E-state index contributed by atoms with van der Waals surface area (Å²) in [4.78, 5) is 24.0. The zero-order valence-corrected chi connectivity index (χ0v) is 21.5. The highest BCUT2D eigenvalue weighted by atomic mass is 16.6. The first kappa shape index (κ1) is 29.0. The van der Waals surface area contributed by atoms with Crippen LogP contribution in [0, 0.1) is 0 Å². The van der Waals surface area contributed by atoms with Gasteiger partial charge in [-0.3, -0.25) is 5.32 Å². The number of hydrogen-bond donors (Lipinski definition) is 1. The third-order valence-corrected chi connectivity index (χ3v) is 5.50. The van der Waals surface area contributed by atoms with E-state index in [4.69, 9.17) is 9.47 Å². The molecular weight excluding hydrogens is 414 g/mol. The molecule has 188 valence electrons. The molecule has 1 amide bonds. The first-order valence-electron chi connectivity index (χ1n) is 13.1. The van der Waals surface area contributed by atoms with Gasteiger partial charge < -0.3 is 9.47 Å². The van der Waals surface area contributed by atoms with Crippen molar-refractivity contribution in [2.24, 2.45) is 0 Å². The third-order valence-electron chi connectivity index (χ3n) is 5.50. The Morgan fingerprint density at radius 1 is 0.727 bits per heavy atom. The van der Waals surface area contributed by atoms with E-state index in [1.165, 1.54) is 77.0 Å². The van der Waals surface area contributed by atoms with Crippen LogP contribution in [-0.2, 0) is 9.47 Å². The Bertz CT molecular complexity index is 649. The Kier molecular flexibility index (Phi) is 15.3. The van der Waals surface area contributed by atoms with Gasteiger partial charge in [-0.2, -0.15) is 0 Å². The molecule has 0 unspecified atom stereocenters. The molecule has 0 aliphatic carbocycles. The summed E-state index contributed by atoms with van der Waals surface area (Å²) >= 11 is 0. The van der Waals surface area contributed by atoms with Gasteiger partial charge in [-0.15, -0.1) is 0 Å². The predicted octanol–water partition coefficient (Wildman–Crippen LogP) is 8.67. The van der Waals surface area contributed by atoms with Crippen LogP contribution in [0.2, 0.25) is 0 Å². The fraction of sp³-hybridized carbons (Fsp3) is 0.714. The molecule has 1 aromatic rings. The SMILES string of the molecule is CCCCCCCCCCCCCCCCOC(=O)c1ccc(NC(=O)OC(C)(C)C)cc1. The van der Waals surface area contributed by atoms with Crippen LogP contribution in [0.15, 0.2) is 24.3 Å². The molecule has 1 N–H and O–H groups in total. The number of hydrogen-bond acceptors (Lipinski definition) is 4. The predicted molar refractivity (Wildman–Crippen MR) is 137 cm³/mol. The summed E-state index contributed by atoms with van der Waals surface area (Å²) in [5.41, 5.74) is 0.504. The number of rotatable bonds is 17. The summed E-state index contributed by atoms with van der Waals surface area (Å²) in [6, 6.07) is 6.65. The lowest BCUT2D eigenvalue weighted by molar-refractivity contribution is 0.0497. The molecule has 5 nitrogen and oxygen atoms in total. The first-order valence-corrected chi connectivity index (χ1v) is 13.1. The number of nitrogens with one attached hydrogen (secondary N) is 1. The summed E-state index contributed by atoms with van der Waals surface area (Å²) < 4.78 is 10.6. The maximum Gasteiger partial charge on any atom is 0.412 e. The minimum Gasteiger partial charge on any atom is -0.462 e. The summed E-state index contributed by atoms with van der Waals surface area (Å²) in [6.07, 6.45) is 17.7. The second-order valence-electron chi connectivity index (χ2n) is 9.94. The van der Waals surface area contributed by atoms with Gasteiger partial charge in [-0.1, -0.05) is 90.4 Å². The van der Waals surface area contributed by atoms with E-state index >= 15 is 0 Å². The molecule has 0 radical (unpaired) electrons. The van der Waals surface area contributed by atoms with Gasteiger partial charge in [0.15, 0.2) is 0 Å². The van der Waals surface area contributed by atoms with E-state index in [0.29, 0.717) is 17.9 Å². The fourth-order valence-corrected chi connectivity index (χ4v) is 3.66. The maximum atomic E-state index is 12.2. The highest BCUT2D eigenvalue weighted by Crippen LogP contribution is 2.15. The van der Waals surface area contributed by atoms with Crippen molar-refractivity contribution in [3.63, 3.8) is 0 Å². The van der Waals surface area contributed by atoms with Crippen LogP contribution in [0.4, 0.5) is 10.5 Å². The molecule has 5 heteroatoms. The molecule has 0 aliphatic rings. The number of carbonyl (C=O) groups excluding carboxylic acids is 2. The first-order chi connectivity index (χ1) is 15.8. The second-order valence-corrected chi connectivity index (χ2v) is 9.94. The van der Waals surface area contributed by atoms with E-state index in [9.17, 15) is 9.59 Å². The molecular formula is C28H47NO4. The Morgan fingerprint density at radius 3 is 1.64 bits per heavy atom. The van der Waals surface area contributed by atoms with Crippen LogP contribution >= 0.6 is 0 Å². The van der Waals surface area contributed by atoms with Crippen LogP contribution in [0.25, 0.3) is 0 Å². The summed E-state index contributed by atoms with van der Waals surface area (Å²) in [7, 11) is 0. The molecule has 0 saturated carbocycles. The average molecular weight is 462 g/mol. The van der Waals surface area contributed by atoms with Gasteiger partial charge in [0, 0.05) is 5.69 Å². The normalized spacial score (nSPS) is 11.3. The number of anilines is 1. The van der Waals surface area contributed by atoms with E-state index < -0.39 is 11.7 Å². The molecule has 0 atom stereocenters. The Morgan fingerprint density at radius 2 is 1.18 bits per heavy atom. The summed E-state index contributed by atoms with van der Waals surface area (Å²) in [5.74, 6) is -0.325. The average Bonchev–Trinajstić information content (AvgIpc) is 2.75. The zero-order valence-electron chi connectivity index (χ0n) is 21.5. The van der Waals surface area contributed by atoms with Gasteiger partial charge in [0.1, 0.15) is 5.60 Å². The molecule has 0 aliphatic heterocycles. The number of unbranched alkanes of at least 4 members (excludes halogenated alkanes) is 13. The van der Waals surface area contributed by atoms with Crippen molar-refractivity contribution in [1.82, 2.24) is 0 Å². The molecule has 0 heterocycles. The van der Waals surface area contributed by atoms with Crippen molar-refractivity contribution in [3.8, 4) is 0 Å². The Hall–Kier alpha value is -2.04. The van der Waals surface area contributed by atoms with Crippen LogP contribution in [0.5, 0.6) is 0 Å². The standard InChI is InChI=1S/C28H47NO4/c1-5-6-7-8-9-10-11-12-13-14-15-16-17-18-23-32-26(30)24-19-21-25(22-20-24)29-27(31)33-28(2,3)4/h19-22H,5-18,23H2,1-4H3,(H,29,31). The molecule has 33 heavy (non-hydrogen) atoms. The van der Waals surface area contributed by atoms with Gasteiger partial charge in [0.25, 0.3) is 0 Å². The molecule has 0 aromatic heterocycles. The van der Waals surface area contributed by atoms with Crippen molar-refractivity contribution in [1.29, 1.82) is 0 Å². The van der Waals surface area contributed by atoms with Gasteiger partial charge >= 0.3 is 12.1 Å². The topological polar surface area (TPSA) is 64.6 Å². The Balaban J connectivity index is 2.02. The van der Waals surface area contributed by atoms with Crippen LogP contribution in [0.1, 0.15) is 128 Å². The lowest BCUT2D eigenvalue weighted by atomic mass is 10.0. The highest BCUT2D eigenvalue weighted by molar-refractivity contribution is 5.91. The van der Waals surface area contributed by atoms with Gasteiger partial charge in [-0.25, -0.2) is 9.59 Å². The molecule has 0 saturated heterocycles. The number of amides is 1. The number of benzene rings is 1. The highest BCUT2D eigenvalue weighted by Gasteiger charge is 2.16. The van der Waals surface area contributed by atoms with Crippen LogP contribution in [-0.4, -0.2) is 24.3 Å². The van der Waals surface area contributed by atoms with E-state index in [0.717, 1.165) is 12.8 Å². The van der Waals surface area contributed by atoms with Crippen molar-refractivity contribution in [3.05, 3.63) is 29.8 Å². The van der Waals surface area contributed by atoms with Crippen LogP contribution in [0.3, 0.4) is 0 Å². The van der Waals surface area contributed by atoms with Crippen molar-refractivity contribution in [2.75, 3.05) is 11.9 Å². The van der Waals surface area contributed by atoms with Crippen LogP contribution < -0.4 is 5.32 Å². The quantitative estimate of drug-likeness (QED) is 0.186. The van der Waals surface area contributed by atoms with E-state index in [1.54, 1.807) is 24.3 Å². The van der Waals surface area contributed by atoms with Crippen molar-refractivity contribution >= 4 is 17.7 Å². The van der Waals surface area contributed by atoms with Gasteiger partial charge in [0.2, 0.25) is 0 Å². The smallest absolute Gasteiger partial charge is 0.412 e. The van der Waals surface area contributed by atoms with Gasteiger partial charge in [-0.05, 0) is 51.5 Å². The van der Waals surface area contributed by atoms with Crippen molar-refractivity contribution in [2.45, 2.75) is 123 Å². The maximum absolute atomic E-state index is 12.2. The van der Waals surface area contributed by atoms with E-state index in [2.05, 4.69) is 12.2 Å². The molecule has 0 fully saturated rings. The molecule has 0 bridgehead atoms. The second kappa shape index (κ2) is 17.4. The lowest BCUT2D eigenvalue weighted by Gasteiger charge is -2.19. The molecule has 0 spiro atoms. The molecule has 1 aromatic carbocycles. The number of carbonyl (C=O) groups is 2. The van der Waals surface area contributed by atoms with Crippen molar-refractivity contribution < 1.29 is 19.1 Å². The summed E-state index contributed by atoms with van der Waals surface area (Å²) in [5, 5.41) is 2.65. The van der Waals surface area contributed by atoms with E-state index in [1.807, 2.05) is 20.8 Å². The van der Waals surface area contributed by atoms with E-state index in [-0.39, 0.29) is 5.97 Å². The minimum atomic E-state index is -0.554. The molecule has 1 rings (SSSR count). The lowest BCUT2D eigenvalue weighted by Crippen LogP contribution is -2.27. The Labute approximate surface area is 202 Å². The summed E-state index contributed by atoms with van der Waals surface area (Å²) in [6.45, 7) is 8.15. The number of esters is 1. The fourth-order valence-electron chi connectivity index (χ4n) is 3.66. The van der Waals surface area contributed by atoms with Gasteiger partial charge in [0.05, 0.1) is 12.2 Å².